The van der Waals surface area contributed by atoms with Gasteiger partial charge in [0.15, 0.2) is 5.17 Å². The van der Waals surface area contributed by atoms with Crippen LogP contribution in [-0.2, 0) is 20.7 Å². The molecule has 0 bridgehead atoms. The monoisotopic (exact) mass is 436 g/mol. The molecule has 1 amide bonds. The summed E-state index contributed by atoms with van der Waals surface area (Å²) in [5.74, 6) is -2.10. The second-order valence-electron chi connectivity index (χ2n) is 5.92. The van der Waals surface area contributed by atoms with Gasteiger partial charge in [0.1, 0.15) is 11.6 Å². The summed E-state index contributed by atoms with van der Waals surface area (Å²) in [6, 6.07) is 10.2. The van der Waals surface area contributed by atoms with E-state index in [0.29, 0.717) is 11.3 Å². The predicted octanol–water partition coefficient (Wildman–Crippen LogP) is 4.48. The maximum absolute atomic E-state index is 13.9. The molecule has 0 aliphatic carbocycles. The van der Waals surface area contributed by atoms with Gasteiger partial charge in [-0.3, -0.25) is 9.69 Å². The van der Waals surface area contributed by atoms with Gasteiger partial charge in [0.25, 0.3) is 5.91 Å². The number of hydrogen-bond acceptors (Lipinski definition) is 5. The van der Waals surface area contributed by atoms with Crippen molar-refractivity contribution < 1.29 is 23.1 Å². The van der Waals surface area contributed by atoms with Crippen molar-refractivity contribution in [3.8, 4) is 0 Å². The lowest BCUT2D eigenvalue weighted by molar-refractivity contribution is -0.135. The molecule has 9 heteroatoms. The lowest BCUT2D eigenvalue weighted by Crippen LogP contribution is -2.31. The molecule has 0 spiro atoms. The number of carbonyl (C=O) groups excluding carboxylic acids is 2. The molecule has 2 aromatic rings. The van der Waals surface area contributed by atoms with Crippen molar-refractivity contribution in [2.24, 2.45) is 4.99 Å². The van der Waals surface area contributed by atoms with E-state index >= 15 is 0 Å². The Hall–Kier alpha value is -2.71. The van der Waals surface area contributed by atoms with Gasteiger partial charge in [0, 0.05) is 12.6 Å². The zero-order valence-corrected chi connectivity index (χ0v) is 16.8. The van der Waals surface area contributed by atoms with Crippen LogP contribution < -0.4 is 0 Å². The highest BCUT2D eigenvalue weighted by Crippen LogP contribution is 2.33. The first-order valence-electron chi connectivity index (χ1n) is 8.45. The highest BCUT2D eigenvalue weighted by molar-refractivity contribution is 8.18. The van der Waals surface area contributed by atoms with Crippen molar-refractivity contribution in [3.05, 3.63) is 75.7 Å². The number of esters is 1. The van der Waals surface area contributed by atoms with Crippen LogP contribution in [0.1, 0.15) is 5.56 Å². The molecular formula is C20H15ClF2N2O3S. The number of carbonyl (C=O) groups is 2. The van der Waals surface area contributed by atoms with Crippen molar-refractivity contribution in [2.45, 2.75) is 6.42 Å². The maximum atomic E-state index is 13.9. The van der Waals surface area contributed by atoms with E-state index in [0.717, 1.165) is 23.9 Å². The van der Waals surface area contributed by atoms with Gasteiger partial charge < -0.3 is 4.74 Å². The van der Waals surface area contributed by atoms with E-state index in [4.69, 9.17) is 11.6 Å². The van der Waals surface area contributed by atoms with Gasteiger partial charge in [0.05, 0.1) is 22.7 Å². The standard InChI is InChI=1S/C20H15ClF2N2O3S/c1-28-18(26)11-17-19(27)25(9-8-12-4-2-3-5-15(12)22)20(29-17)24-13-6-7-16(23)14(21)10-13/h2-7,10-11H,8-9H2,1H3/b17-11+,24-20?. The number of aliphatic imine (C=N–C) groups is 1. The van der Waals surface area contributed by atoms with Gasteiger partial charge in [0.2, 0.25) is 0 Å². The number of thioether (sulfide) groups is 1. The first-order chi connectivity index (χ1) is 13.9. The van der Waals surface area contributed by atoms with E-state index in [1.54, 1.807) is 18.2 Å². The summed E-state index contributed by atoms with van der Waals surface area (Å²) in [6.45, 7) is 0.138. The summed E-state index contributed by atoms with van der Waals surface area (Å²) in [5, 5.41) is 0.161. The topological polar surface area (TPSA) is 59.0 Å². The molecule has 0 unspecified atom stereocenters. The third kappa shape index (κ3) is 5.02. The summed E-state index contributed by atoms with van der Waals surface area (Å²) in [4.78, 5) is 30.1. The van der Waals surface area contributed by atoms with Crippen LogP contribution in [0.25, 0.3) is 0 Å². The molecule has 0 saturated carbocycles. The number of amides is 1. The lowest BCUT2D eigenvalue weighted by Gasteiger charge is -2.16. The van der Waals surface area contributed by atoms with Crippen LogP contribution in [0.2, 0.25) is 5.02 Å². The molecular weight excluding hydrogens is 422 g/mol. The normalized spacial score (nSPS) is 16.7. The molecule has 1 saturated heterocycles. The van der Waals surface area contributed by atoms with Crippen LogP contribution in [0.4, 0.5) is 14.5 Å². The fourth-order valence-corrected chi connectivity index (χ4v) is 3.71. The third-order valence-corrected chi connectivity index (χ3v) is 5.33. The Bertz CT molecular complexity index is 1030. The van der Waals surface area contributed by atoms with E-state index in [-0.39, 0.29) is 33.9 Å². The second kappa shape index (κ2) is 9.19. The number of rotatable bonds is 5. The average molecular weight is 437 g/mol. The summed E-state index contributed by atoms with van der Waals surface area (Å²) >= 11 is 6.76. The van der Waals surface area contributed by atoms with Crippen LogP contribution in [-0.4, -0.2) is 35.6 Å². The van der Waals surface area contributed by atoms with E-state index in [2.05, 4.69) is 9.73 Å². The van der Waals surface area contributed by atoms with Crippen LogP contribution >= 0.6 is 23.4 Å². The van der Waals surface area contributed by atoms with Crippen LogP contribution in [0.5, 0.6) is 0 Å². The van der Waals surface area contributed by atoms with E-state index in [9.17, 15) is 18.4 Å². The fourth-order valence-electron chi connectivity index (χ4n) is 2.55. The van der Waals surface area contributed by atoms with Crippen molar-refractivity contribution in [1.29, 1.82) is 0 Å². The molecule has 0 radical (unpaired) electrons. The van der Waals surface area contributed by atoms with Crippen molar-refractivity contribution >= 4 is 46.1 Å². The minimum atomic E-state index is -0.680. The van der Waals surface area contributed by atoms with Gasteiger partial charge in [-0.2, -0.15) is 0 Å². The van der Waals surface area contributed by atoms with Crippen LogP contribution in [0, 0.1) is 11.6 Å². The van der Waals surface area contributed by atoms with E-state index < -0.39 is 17.7 Å². The van der Waals surface area contributed by atoms with Crippen molar-refractivity contribution in [2.75, 3.05) is 13.7 Å². The Labute approximate surface area is 175 Å². The first kappa shape index (κ1) is 21.0. The molecule has 0 aromatic heterocycles. The molecule has 0 N–H and O–H groups in total. The van der Waals surface area contributed by atoms with Gasteiger partial charge >= 0.3 is 5.97 Å². The number of amidine groups is 1. The fraction of sp³-hybridized carbons (Fsp3) is 0.150. The summed E-state index contributed by atoms with van der Waals surface area (Å²) in [7, 11) is 1.20. The van der Waals surface area contributed by atoms with Crippen LogP contribution in [0.15, 0.2) is 58.4 Å². The Morgan fingerprint density at radius 3 is 2.69 bits per heavy atom. The van der Waals surface area contributed by atoms with Gasteiger partial charge in [-0.05, 0) is 48.0 Å². The van der Waals surface area contributed by atoms with Gasteiger partial charge in [-0.1, -0.05) is 29.8 Å². The van der Waals surface area contributed by atoms with Crippen molar-refractivity contribution in [1.82, 2.24) is 4.90 Å². The zero-order chi connectivity index (χ0) is 21.0. The number of benzene rings is 2. The molecule has 5 nitrogen and oxygen atoms in total. The molecule has 1 heterocycles. The Balaban J connectivity index is 1.91. The summed E-state index contributed by atoms with van der Waals surface area (Å²) in [5.41, 5.74) is 0.779. The number of ether oxygens (including phenoxy) is 1. The smallest absolute Gasteiger partial charge is 0.331 e. The molecule has 1 aliphatic rings. The lowest BCUT2D eigenvalue weighted by atomic mass is 10.1. The van der Waals surface area contributed by atoms with E-state index in [1.165, 1.54) is 30.2 Å². The van der Waals surface area contributed by atoms with Crippen LogP contribution in [0.3, 0.4) is 0 Å². The highest BCUT2D eigenvalue weighted by atomic mass is 35.5. The number of halogens is 3. The SMILES string of the molecule is COC(=O)/C=C1/SC(=Nc2ccc(F)c(Cl)c2)N(CCc2ccccc2F)C1=O. The zero-order valence-electron chi connectivity index (χ0n) is 15.2. The predicted molar refractivity (Wildman–Crippen MR) is 108 cm³/mol. The molecule has 3 rings (SSSR count). The number of nitrogens with zero attached hydrogens (tertiary/aromatic N) is 2. The molecule has 1 fully saturated rings. The minimum absolute atomic E-state index is 0.107. The Morgan fingerprint density at radius 2 is 2.00 bits per heavy atom. The Morgan fingerprint density at radius 1 is 1.24 bits per heavy atom. The van der Waals surface area contributed by atoms with Gasteiger partial charge in [-0.15, -0.1) is 0 Å². The molecule has 2 aromatic carbocycles. The molecule has 150 valence electrons. The summed E-state index contributed by atoms with van der Waals surface area (Å²) in [6.07, 6.45) is 1.32. The number of hydrogen-bond donors (Lipinski definition) is 0. The largest absolute Gasteiger partial charge is 0.466 e. The Kier molecular flexibility index (Phi) is 6.66. The van der Waals surface area contributed by atoms with Crippen molar-refractivity contribution in [3.63, 3.8) is 0 Å². The van der Waals surface area contributed by atoms with Gasteiger partial charge in [-0.25, -0.2) is 18.6 Å². The average Bonchev–Trinajstić information content (AvgIpc) is 2.98. The molecule has 29 heavy (non-hydrogen) atoms. The minimum Gasteiger partial charge on any atom is -0.466 e. The highest BCUT2D eigenvalue weighted by Gasteiger charge is 2.34. The third-order valence-electron chi connectivity index (χ3n) is 4.03. The van der Waals surface area contributed by atoms with E-state index in [1.807, 2.05) is 0 Å². The number of methoxy groups -OCH3 is 1. The maximum Gasteiger partial charge on any atom is 0.331 e. The molecule has 1 aliphatic heterocycles. The first-order valence-corrected chi connectivity index (χ1v) is 9.65. The second-order valence-corrected chi connectivity index (χ2v) is 7.34. The quantitative estimate of drug-likeness (QED) is 0.512. The molecule has 0 atom stereocenters. The summed E-state index contributed by atoms with van der Waals surface area (Å²) < 4.78 is 31.9.